The molecule has 1 aromatic rings. The minimum absolute atomic E-state index is 0.142. The van der Waals surface area contributed by atoms with Crippen LogP contribution in [0.25, 0.3) is 0 Å². The number of anilines is 1. The van der Waals surface area contributed by atoms with Crippen molar-refractivity contribution in [1.82, 2.24) is 5.32 Å². The Balaban J connectivity index is 2.78. The quantitative estimate of drug-likeness (QED) is 0.755. The van der Waals surface area contributed by atoms with E-state index in [1.807, 2.05) is 6.92 Å². The predicted octanol–water partition coefficient (Wildman–Crippen LogP) is 2.30. The second-order valence-corrected chi connectivity index (χ2v) is 4.32. The molecule has 1 rings (SSSR count). The highest BCUT2D eigenvalue weighted by atomic mass is 35.5. The van der Waals surface area contributed by atoms with Crippen LogP contribution in [0.1, 0.15) is 13.3 Å². The van der Waals surface area contributed by atoms with E-state index in [0.29, 0.717) is 22.2 Å². The number of hydrogen-bond donors (Lipinski definition) is 2. The summed E-state index contributed by atoms with van der Waals surface area (Å²) in [5.74, 6) is 0.838. The van der Waals surface area contributed by atoms with Crippen molar-refractivity contribution in [1.29, 1.82) is 0 Å². The van der Waals surface area contributed by atoms with Gasteiger partial charge in [-0.05, 0) is 13.0 Å². The first-order valence-corrected chi connectivity index (χ1v) is 6.42. The van der Waals surface area contributed by atoms with Gasteiger partial charge in [0.05, 0.1) is 31.5 Å². The molecule has 0 aliphatic rings. The van der Waals surface area contributed by atoms with E-state index in [0.717, 1.165) is 13.0 Å². The summed E-state index contributed by atoms with van der Waals surface area (Å²) in [6.45, 7) is 3.09. The summed E-state index contributed by atoms with van der Waals surface area (Å²) in [5.41, 5.74) is 0.534. The molecule has 5 nitrogen and oxygen atoms in total. The van der Waals surface area contributed by atoms with E-state index >= 15 is 0 Å². The van der Waals surface area contributed by atoms with Gasteiger partial charge in [-0.1, -0.05) is 18.5 Å². The Labute approximate surface area is 118 Å². The SMILES string of the molecule is CCCNCC(=O)Nc1cc(OC)c(Cl)cc1OC. The van der Waals surface area contributed by atoms with Crippen LogP contribution in [0.5, 0.6) is 11.5 Å². The minimum atomic E-state index is -0.142. The Kier molecular flexibility index (Phi) is 6.45. The van der Waals surface area contributed by atoms with Gasteiger partial charge in [0.2, 0.25) is 5.91 Å². The van der Waals surface area contributed by atoms with Gasteiger partial charge in [0.1, 0.15) is 11.5 Å². The van der Waals surface area contributed by atoms with Gasteiger partial charge in [0, 0.05) is 12.1 Å². The van der Waals surface area contributed by atoms with Crippen LogP contribution in [0.4, 0.5) is 5.69 Å². The summed E-state index contributed by atoms with van der Waals surface area (Å²) in [6.07, 6.45) is 0.978. The molecule has 0 aliphatic carbocycles. The number of amides is 1. The monoisotopic (exact) mass is 286 g/mol. The molecule has 0 bridgehead atoms. The lowest BCUT2D eigenvalue weighted by molar-refractivity contribution is -0.115. The third-order valence-electron chi connectivity index (χ3n) is 2.46. The van der Waals surface area contributed by atoms with Crippen LogP contribution >= 0.6 is 11.6 Å². The van der Waals surface area contributed by atoms with Crippen molar-refractivity contribution >= 4 is 23.2 Å². The highest BCUT2D eigenvalue weighted by Gasteiger charge is 2.12. The molecule has 19 heavy (non-hydrogen) atoms. The minimum Gasteiger partial charge on any atom is -0.495 e. The number of halogens is 1. The second-order valence-electron chi connectivity index (χ2n) is 3.91. The summed E-state index contributed by atoms with van der Waals surface area (Å²) >= 11 is 5.99. The van der Waals surface area contributed by atoms with E-state index in [9.17, 15) is 4.79 Å². The molecule has 106 valence electrons. The molecular formula is C13H19ClN2O3. The zero-order valence-electron chi connectivity index (χ0n) is 11.4. The van der Waals surface area contributed by atoms with E-state index in [2.05, 4.69) is 10.6 Å². The summed E-state index contributed by atoms with van der Waals surface area (Å²) in [7, 11) is 3.03. The summed E-state index contributed by atoms with van der Waals surface area (Å²) in [5, 5.41) is 6.21. The number of benzene rings is 1. The molecule has 0 unspecified atom stereocenters. The Bertz CT molecular complexity index is 438. The summed E-state index contributed by atoms with van der Waals surface area (Å²) in [4.78, 5) is 11.7. The zero-order valence-corrected chi connectivity index (χ0v) is 12.1. The molecule has 0 aromatic heterocycles. The van der Waals surface area contributed by atoms with Crippen LogP contribution in [0.2, 0.25) is 5.02 Å². The molecule has 1 amide bonds. The van der Waals surface area contributed by atoms with Gasteiger partial charge in [0.15, 0.2) is 0 Å². The van der Waals surface area contributed by atoms with Crippen LogP contribution in [0.3, 0.4) is 0 Å². The Morgan fingerprint density at radius 3 is 2.53 bits per heavy atom. The highest BCUT2D eigenvalue weighted by Crippen LogP contribution is 2.35. The first-order valence-electron chi connectivity index (χ1n) is 6.04. The molecule has 0 saturated heterocycles. The lowest BCUT2D eigenvalue weighted by Crippen LogP contribution is -2.28. The van der Waals surface area contributed by atoms with E-state index in [1.165, 1.54) is 14.2 Å². The van der Waals surface area contributed by atoms with Gasteiger partial charge in [-0.3, -0.25) is 4.79 Å². The number of rotatable bonds is 7. The van der Waals surface area contributed by atoms with Crippen LogP contribution in [0.15, 0.2) is 12.1 Å². The lowest BCUT2D eigenvalue weighted by atomic mass is 10.2. The van der Waals surface area contributed by atoms with Crippen LogP contribution in [-0.4, -0.2) is 33.2 Å². The molecule has 0 fully saturated rings. The van der Waals surface area contributed by atoms with Gasteiger partial charge < -0.3 is 20.1 Å². The fourth-order valence-corrected chi connectivity index (χ4v) is 1.76. The van der Waals surface area contributed by atoms with Gasteiger partial charge in [-0.25, -0.2) is 0 Å². The van der Waals surface area contributed by atoms with E-state index in [1.54, 1.807) is 12.1 Å². The third kappa shape index (κ3) is 4.61. The van der Waals surface area contributed by atoms with E-state index < -0.39 is 0 Å². The smallest absolute Gasteiger partial charge is 0.238 e. The van der Waals surface area contributed by atoms with Crippen molar-refractivity contribution < 1.29 is 14.3 Å². The molecule has 0 radical (unpaired) electrons. The highest BCUT2D eigenvalue weighted by molar-refractivity contribution is 6.32. The number of methoxy groups -OCH3 is 2. The molecular weight excluding hydrogens is 268 g/mol. The molecule has 0 spiro atoms. The topological polar surface area (TPSA) is 59.6 Å². The lowest BCUT2D eigenvalue weighted by Gasteiger charge is -2.13. The van der Waals surface area contributed by atoms with Crippen molar-refractivity contribution in [2.24, 2.45) is 0 Å². The Morgan fingerprint density at radius 2 is 1.95 bits per heavy atom. The maximum absolute atomic E-state index is 11.7. The third-order valence-corrected chi connectivity index (χ3v) is 2.76. The number of ether oxygens (including phenoxy) is 2. The molecule has 1 aromatic carbocycles. The maximum Gasteiger partial charge on any atom is 0.238 e. The molecule has 0 atom stereocenters. The molecule has 6 heteroatoms. The number of carbonyl (C=O) groups excluding carboxylic acids is 1. The fraction of sp³-hybridized carbons (Fsp3) is 0.462. The van der Waals surface area contributed by atoms with Crippen LogP contribution < -0.4 is 20.1 Å². The van der Waals surface area contributed by atoms with Crippen molar-refractivity contribution in [2.75, 3.05) is 32.6 Å². The first kappa shape index (κ1) is 15.6. The molecule has 0 heterocycles. The van der Waals surface area contributed by atoms with Crippen molar-refractivity contribution in [3.63, 3.8) is 0 Å². The van der Waals surface area contributed by atoms with Crippen LogP contribution in [-0.2, 0) is 4.79 Å². The predicted molar refractivity (Wildman–Crippen MR) is 76.3 cm³/mol. The fourth-order valence-electron chi connectivity index (χ4n) is 1.53. The average molecular weight is 287 g/mol. The van der Waals surface area contributed by atoms with Gasteiger partial charge in [-0.15, -0.1) is 0 Å². The number of hydrogen-bond acceptors (Lipinski definition) is 4. The number of carbonyl (C=O) groups is 1. The molecule has 0 saturated carbocycles. The van der Waals surface area contributed by atoms with Crippen molar-refractivity contribution in [3.05, 3.63) is 17.2 Å². The van der Waals surface area contributed by atoms with Gasteiger partial charge in [0.25, 0.3) is 0 Å². The maximum atomic E-state index is 11.7. The first-order chi connectivity index (χ1) is 9.12. The van der Waals surface area contributed by atoms with Crippen molar-refractivity contribution in [2.45, 2.75) is 13.3 Å². The normalized spacial score (nSPS) is 10.1. The summed E-state index contributed by atoms with van der Waals surface area (Å²) in [6, 6.07) is 3.24. The number of nitrogens with one attached hydrogen (secondary N) is 2. The molecule has 2 N–H and O–H groups in total. The van der Waals surface area contributed by atoms with Gasteiger partial charge >= 0.3 is 0 Å². The van der Waals surface area contributed by atoms with Crippen molar-refractivity contribution in [3.8, 4) is 11.5 Å². The average Bonchev–Trinajstić information content (AvgIpc) is 2.40. The largest absolute Gasteiger partial charge is 0.495 e. The second kappa shape index (κ2) is 7.86. The Morgan fingerprint density at radius 1 is 1.26 bits per heavy atom. The molecule has 0 aliphatic heterocycles. The summed E-state index contributed by atoms with van der Waals surface area (Å²) < 4.78 is 10.3. The van der Waals surface area contributed by atoms with E-state index in [4.69, 9.17) is 21.1 Å². The zero-order chi connectivity index (χ0) is 14.3. The van der Waals surface area contributed by atoms with Gasteiger partial charge in [-0.2, -0.15) is 0 Å². The van der Waals surface area contributed by atoms with Crippen LogP contribution in [0, 0.1) is 0 Å². The standard InChI is InChI=1S/C13H19ClN2O3/c1-4-5-15-8-13(17)16-10-7-11(18-2)9(14)6-12(10)19-3/h6-7,15H,4-5,8H2,1-3H3,(H,16,17). The van der Waals surface area contributed by atoms with E-state index in [-0.39, 0.29) is 12.5 Å². The Hall–Kier alpha value is -1.46.